The van der Waals surface area contributed by atoms with Gasteiger partial charge in [-0.3, -0.25) is 4.90 Å². The Balaban J connectivity index is 1.83. The highest BCUT2D eigenvalue weighted by Gasteiger charge is 2.17. The fourth-order valence-corrected chi connectivity index (χ4v) is 2.73. The molecule has 0 aliphatic carbocycles. The first kappa shape index (κ1) is 14.6. The second kappa shape index (κ2) is 7.08. The molecule has 0 aromatic carbocycles. The summed E-state index contributed by atoms with van der Waals surface area (Å²) < 4.78 is 11.2. The number of hydrogen-bond acceptors (Lipinski definition) is 4. The summed E-state index contributed by atoms with van der Waals surface area (Å²) in [6.07, 6.45) is 2.37. The van der Waals surface area contributed by atoms with Crippen LogP contribution in [0.4, 0.5) is 0 Å². The van der Waals surface area contributed by atoms with E-state index in [4.69, 9.17) is 9.15 Å². The van der Waals surface area contributed by atoms with Gasteiger partial charge in [-0.1, -0.05) is 0 Å². The molecule has 1 aliphatic rings. The van der Waals surface area contributed by atoms with Crippen LogP contribution in [0, 0.1) is 12.8 Å². The van der Waals surface area contributed by atoms with Crippen molar-refractivity contribution >= 4 is 0 Å². The monoisotopic (exact) mass is 266 g/mol. The molecule has 1 aromatic heterocycles. The normalized spacial score (nSPS) is 17.3. The molecule has 4 heteroatoms. The van der Waals surface area contributed by atoms with E-state index < -0.39 is 0 Å². The quantitative estimate of drug-likeness (QED) is 0.856. The van der Waals surface area contributed by atoms with Crippen molar-refractivity contribution in [2.45, 2.75) is 32.9 Å². The molecule has 2 rings (SSSR count). The maximum absolute atomic E-state index is 5.82. The molecule has 2 heterocycles. The Morgan fingerprint density at radius 2 is 2.11 bits per heavy atom. The van der Waals surface area contributed by atoms with E-state index in [1.54, 1.807) is 0 Å². The van der Waals surface area contributed by atoms with Gasteiger partial charge in [0, 0.05) is 31.9 Å². The first-order valence-corrected chi connectivity index (χ1v) is 7.18. The Morgan fingerprint density at radius 1 is 1.37 bits per heavy atom. The van der Waals surface area contributed by atoms with E-state index in [1.165, 1.54) is 18.4 Å². The van der Waals surface area contributed by atoms with Crippen LogP contribution in [0.5, 0.6) is 0 Å². The van der Waals surface area contributed by atoms with Crippen molar-refractivity contribution in [3.63, 3.8) is 0 Å². The number of ether oxygens (including phenoxy) is 1. The molecule has 0 bridgehead atoms. The second-order valence-corrected chi connectivity index (χ2v) is 5.58. The van der Waals surface area contributed by atoms with E-state index in [-0.39, 0.29) is 0 Å². The minimum Gasteiger partial charge on any atom is -0.465 e. The predicted molar refractivity (Wildman–Crippen MR) is 76.1 cm³/mol. The van der Waals surface area contributed by atoms with Crippen molar-refractivity contribution in [1.82, 2.24) is 10.2 Å². The number of aryl methyl sites for hydroxylation is 1. The molecule has 108 valence electrons. The predicted octanol–water partition coefficient (Wildman–Crippen LogP) is 2.17. The van der Waals surface area contributed by atoms with Crippen molar-refractivity contribution in [1.29, 1.82) is 0 Å². The molecule has 1 aliphatic heterocycles. The summed E-state index contributed by atoms with van der Waals surface area (Å²) in [6, 6.07) is 2.17. The van der Waals surface area contributed by atoms with Crippen molar-refractivity contribution in [2.75, 3.05) is 33.9 Å². The zero-order valence-corrected chi connectivity index (χ0v) is 12.4. The zero-order chi connectivity index (χ0) is 13.7. The fraction of sp³-hybridized carbons (Fsp3) is 0.733. The average Bonchev–Trinajstić information content (AvgIpc) is 2.71. The Morgan fingerprint density at radius 3 is 2.79 bits per heavy atom. The summed E-state index contributed by atoms with van der Waals surface area (Å²) in [5, 5.41) is 3.17. The summed E-state index contributed by atoms with van der Waals surface area (Å²) in [7, 11) is 4.13. The lowest BCUT2D eigenvalue weighted by molar-refractivity contribution is 0.0542. The molecule has 0 saturated carbocycles. The lowest BCUT2D eigenvalue weighted by Crippen LogP contribution is -2.29. The van der Waals surface area contributed by atoms with Crippen molar-refractivity contribution in [3.8, 4) is 0 Å². The van der Waals surface area contributed by atoms with Gasteiger partial charge in [0.25, 0.3) is 0 Å². The first-order chi connectivity index (χ1) is 9.19. The summed E-state index contributed by atoms with van der Waals surface area (Å²) in [4.78, 5) is 2.36. The third-order valence-electron chi connectivity index (χ3n) is 3.78. The van der Waals surface area contributed by atoms with Gasteiger partial charge in [-0.05, 0) is 45.8 Å². The van der Waals surface area contributed by atoms with Crippen LogP contribution in [0.1, 0.15) is 29.9 Å². The molecule has 0 amide bonds. The van der Waals surface area contributed by atoms with Gasteiger partial charge >= 0.3 is 0 Å². The van der Waals surface area contributed by atoms with Crippen molar-refractivity contribution in [2.24, 2.45) is 5.92 Å². The van der Waals surface area contributed by atoms with Crippen molar-refractivity contribution < 1.29 is 9.15 Å². The number of nitrogens with zero attached hydrogens (tertiary/aromatic N) is 1. The minimum absolute atomic E-state index is 0.770. The number of hydrogen-bond donors (Lipinski definition) is 1. The molecule has 1 fully saturated rings. The highest BCUT2D eigenvalue weighted by Crippen LogP contribution is 2.19. The number of furan rings is 1. The maximum atomic E-state index is 5.82. The summed E-state index contributed by atoms with van der Waals surface area (Å²) in [5.74, 6) is 2.87. The molecule has 1 N–H and O–H groups in total. The smallest absolute Gasteiger partial charge is 0.118 e. The van der Waals surface area contributed by atoms with Gasteiger partial charge in [-0.2, -0.15) is 0 Å². The van der Waals surface area contributed by atoms with E-state index in [2.05, 4.69) is 23.3 Å². The van der Waals surface area contributed by atoms with Gasteiger partial charge in [-0.15, -0.1) is 0 Å². The average molecular weight is 266 g/mol. The SMILES string of the molecule is CNCc1cc(CN(C)CC2CCOCC2)oc1C. The molecule has 4 nitrogen and oxygen atoms in total. The van der Waals surface area contributed by atoms with Gasteiger partial charge in [0.15, 0.2) is 0 Å². The molecule has 0 spiro atoms. The Hall–Kier alpha value is -0.840. The molecule has 1 aromatic rings. The summed E-state index contributed by atoms with van der Waals surface area (Å²) >= 11 is 0. The van der Waals surface area contributed by atoms with Crippen LogP contribution in [0.2, 0.25) is 0 Å². The fourth-order valence-electron chi connectivity index (χ4n) is 2.73. The summed E-state index contributed by atoms with van der Waals surface area (Å²) in [6.45, 7) is 6.77. The van der Waals surface area contributed by atoms with Crippen LogP contribution in [-0.4, -0.2) is 38.8 Å². The Labute approximate surface area is 116 Å². The lowest BCUT2D eigenvalue weighted by Gasteiger charge is -2.26. The van der Waals surface area contributed by atoms with E-state index in [0.717, 1.165) is 50.3 Å². The van der Waals surface area contributed by atoms with Gasteiger partial charge in [-0.25, -0.2) is 0 Å². The zero-order valence-electron chi connectivity index (χ0n) is 12.4. The largest absolute Gasteiger partial charge is 0.465 e. The van der Waals surface area contributed by atoms with Crippen LogP contribution in [0.25, 0.3) is 0 Å². The molecule has 0 radical (unpaired) electrons. The van der Waals surface area contributed by atoms with Crippen LogP contribution in [-0.2, 0) is 17.8 Å². The second-order valence-electron chi connectivity index (χ2n) is 5.58. The topological polar surface area (TPSA) is 37.6 Å². The van der Waals surface area contributed by atoms with E-state index in [0.29, 0.717) is 0 Å². The third-order valence-corrected chi connectivity index (χ3v) is 3.78. The van der Waals surface area contributed by atoms with Crippen LogP contribution < -0.4 is 5.32 Å². The number of nitrogens with one attached hydrogen (secondary N) is 1. The van der Waals surface area contributed by atoms with Crippen LogP contribution in [0.15, 0.2) is 10.5 Å². The Kier molecular flexibility index (Phi) is 5.43. The van der Waals surface area contributed by atoms with Gasteiger partial charge in [0.2, 0.25) is 0 Å². The third kappa shape index (κ3) is 4.34. The molecular weight excluding hydrogens is 240 g/mol. The summed E-state index contributed by atoms with van der Waals surface area (Å²) in [5.41, 5.74) is 1.26. The van der Waals surface area contributed by atoms with Gasteiger partial charge in [0.1, 0.15) is 11.5 Å². The molecule has 19 heavy (non-hydrogen) atoms. The van der Waals surface area contributed by atoms with Gasteiger partial charge in [0.05, 0.1) is 6.54 Å². The highest BCUT2D eigenvalue weighted by atomic mass is 16.5. The first-order valence-electron chi connectivity index (χ1n) is 7.18. The lowest BCUT2D eigenvalue weighted by atomic mass is 10.00. The maximum Gasteiger partial charge on any atom is 0.118 e. The minimum atomic E-state index is 0.770. The Bertz CT molecular complexity index is 383. The number of rotatable bonds is 6. The highest BCUT2D eigenvalue weighted by molar-refractivity contribution is 5.20. The molecule has 0 atom stereocenters. The van der Waals surface area contributed by atoms with Gasteiger partial charge < -0.3 is 14.5 Å². The molecule has 0 unspecified atom stereocenters. The molecule has 1 saturated heterocycles. The van der Waals surface area contributed by atoms with Crippen LogP contribution in [0.3, 0.4) is 0 Å². The van der Waals surface area contributed by atoms with E-state index >= 15 is 0 Å². The van der Waals surface area contributed by atoms with Crippen LogP contribution >= 0.6 is 0 Å². The standard InChI is InChI=1S/C15H26N2O2/c1-12-14(9-16-2)8-15(19-12)11-17(3)10-13-4-6-18-7-5-13/h8,13,16H,4-7,9-11H2,1-3H3. The van der Waals surface area contributed by atoms with E-state index in [1.807, 2.05) is 14.0 Å². The molecular formula is C15H26N2O2. The van der Waals surface area contributed by atoms with Crippen molar-refractivity contribution in [3.05, 3.63) is 23.2 Å². The van der Waals surface area contributed by atoms with E-state index in [9.17, 15) is 0 Å².